The summed E-state index contributed by atoms with van der Waals surface area (Å²) in [5.41, 5.74) is 0.256. The van der Waals surface area contributed by atoms with Gasteiger partial charge in [0.05, 0.1) is 10.5 Å². The van der Waals surface area contributed by atoms with Crippen LogP contribution in [0.25, 0.3) is 0 Å². The fourth-order valence-electron chi connectivity index (χ4n) is 1.75. The number of carboxylic acid groups (broad SMARTS) is 1. The van der Waals surface area contributed by atoms with E-state index in [1.165, 1.54) is 42.7 Å². The average molecular weight is 297 g/mol. The zero-order valence-electron chi connectivity index (χ0n) is 10.0. The maximum Gasteiger partial charge on any atom is 0.335 e. The van der Waals surface area contributed by atoms with Crippen LogP contribution >= 0.6 is 11.3 Å². The molecule has 0 saturated carbocycles. The molecule has 1 aromatic carbocycles. The largest absolute Gasteiger partial charge is 0.478 e. The number of hydrogen-bond donors (Lipinski definition) is 1. The Morgan fingerprint density at radius 2 is 2.16 bits per heavy atom. The van der Waals surface area contributed by atoms with Gasteiger partial charge in [-0.25, -0.2) is 18.2 Å². The van der Waals surface area contributed by atoms with Crippen LogP contribution in [0.4, 0.5) is 0 Å². The van der Waals surface area contributed by atoms with Gasteiger partial charge in [-0.3, -0.25) is 0 Å². The molecular weight excluding hydrogens is 286 g/mol. The number of sulfone groups is 1. The van der Waals surface area contributed by atoms with Gasteiger partial charge in [-0.2, -0.15) is 0 Å². The summed E-state index contributed by atoms with van der Waals surface area (Å²) in [6, 6.07) is 4.25. The van der Waals surface area contributed by atoms with Crippen molar-refractivity contribution in [2.24, 2.45) is 0 Å². The number of carboxylic acids is 1. The molecule has 5 nitrogen and oxygen atoms in total. The van der Waals surface area contributed by atoms with Crippen molar-refractivity contribution >= 4 is 27.1 Å². The molecule has 0 unspecified atom stereocenters. The molecule has 0 aliphatic rings. The molecule has 0 radical (unpaired) electrons. The number of benzene rings is 1. The van der Waals surface area contributed by atoms with Gasteiger partial charge in [0.15, 0.2) is 9.84 Å². The second-order valence-electron chi connectivity index (χ2n) is 3.92. The monoisotopic (exact) mass is 297 g/mol. The fourth-order valence-corrected chi connectivity index (χ4v) is 4.30. The molecule has 0 amide bonds. The third-order valence-corrected chi connectivity index (χ3v) is 5.37. The van der Waals surface area contributed by atoms with Gasteiger partial charge >= 0.3 is 5.97 Å². The van der Waals surface area contributed by atoms with Crippen LogP contribution < -0.4 is 0 Å². The third-order valence-electron chi connectivity index (χ3n) is 2.65. The molecule has 0 fully saturated rings. The van der Waals surface area contributed by atoms with Crippen LogP contribution in [0.2, 0.25) is 0 Å². The van der Waals surface area contributed by atoms with Crippen molar-refractivity contribution in [3.05, 3.63) is 45.9 Å². The Balaban J connectivity index is 2.47. The van der Waals surface area contributed by atoms with Crippen molar-refractivity contribution in [1.82, 2.24) is 4.98 Å². The summed E-state index contributed by atoms with van der Waals surface area (Å²) in [6.07, 6.45) is 1.54. The molecule has 0 saturated heterocycles. The SMILES string of the molecule is Cc1c(C(=O)O)cccc1S(=O)(=O)Cc1nccs1. The molecule has 100 valence electrons. The number of aromatic nitrogens is 1. The lowest BCUT2D eigenvalue weighted by atomic mass is 10.1. The van der Waals surface area contributed by atoms with Gasteiger partial charge < -0.3 is 5.11 Å². The van der Waals surface area contributed by atoms with E-state index in [1.807, 2.05) is 0 Å². The number of rotatable bonds is 4. The minimum Gasteiger partial charge on any atom is -0.478 e. The summed E-state index contributed by atoms with van der Waals surface area (Å²) in [5, 5.41) is 11.2. The van der Waals surface area contributed by atoms with Crippen molar-refractivity contribution in [3.8, 4) is 0 Å². The predicted octanol–water partition coefficient (Wildman–Crippen LogP) is 2.12. The summed E-state index contributed by atoms with van der Waals surface area (Å²) in [6.45, 7) is 1.50. The number of hydrogen-bond acceptors (Lipinski definition) is 5. The van der Waals surface area contributed by atoms with E-state index >= 15 is 0 Å². The quantitative estimate of drug-likeness (QED) is 0.934. The highest BCUT2D eigenvalue weighted by Crippen LogP contribution is 2.23. The summed E-state index contributed by atoms with van der Waals surface area (Å²) in [4.78, 5) is 15.0. The first-order valence-electron chi connectivity index (χ1n) is 5.36. The van der Waals surface area contributed by atoms with Crippen LogP contribution in [0.1, 0.15) is 20.9 Å². The average Bonchev–Trinajstić information content (AvgIpc) is 2.80. The second kappa shape index (κ2) is 5.10. The van der Waals surface area contributed by atoms with Gasteiger partial charge in [0, 0.05) is 11.6 Å². The third kappa shape index (κ3) is 2.82. The lowest BCUT2D eigenvalue weighted by molar-refractivity contribution is 0.0696. The van der Waals surface area contributed by atoms with Crippen molar-refractivity contribution < 1.29 is 18.3 Å². The van der Waals surface area contributed by atoms with E-state index in [1.54, 1.807) is 5.38 Å². The number of nitrogens with zero attached hydrogens (tertiary/aromatic N) is 1. The molecular formula is C12H11NO4S2. The van der Waals surface area contributed by atoms with Crippen LogP contribution in [-0.2, 0) is 15.6 Å². The Morgan fingerprint density at radius 3 is 2.74 bits per heavy atom. The van der Waals surface area contributed by atoms with Crippen LogP contribution in [0.5, 0.6) is 0 Å². The van der Waals surface area contributed by atoms with E-state index in [-0.39, 0.29) is 21.8 Å². The minimum atomic E-state index is -3.59. The lowest BCUT2D eigenvalue weighted by Gasteiger charge is -2.08. The first-order valence-corrected chi connectivity index (χ1v) is 7.89. The van der Waals surface area contributed by atoms with Crippen molar-refractivity contribution in [3.63, 3.8) is 0 Å². The van der Waals surface area contributed by atoms with E-state index in [4.69, 9.17) is 5.11 Å². The van der Waals surface area contributed by atoms with E-state index in [9.17, 15) is 13.2 Å². The number of carbonyl (C=O) groups is 1. The summed E-state index contributed by atoms with van der Waals surface area (Å²) < 4.78 is 24.5. The van der Waals surface area contributed by atoms with Crippen molar-refractivity contribution in [2.75, 3.05) is 0 Å². The van der Waals surface area contributed by atoms with Crippen LogP contribution in [0, 0.1) is 6.92 Å². The van der Waals surface area contributed by atoms with E-state index < -0.39 is 15.8 Å². The topological polar surface area (TPSA) is 84.3 Å². The molecule has 0 bridgehead atoms. The predicted molar refractivity (Wildman–Crippen MR) is 71.1 cm³/mol. The molecule has 1 heterocycles. The van der Waals surface area contributed by atoms with Crippen molar-refractivity contribution in [2.45, 2.75) is 17.6 Å². The van der Waals surface area contributed by atoms with Gasteiger partial charge in [-0.15, -0.1) is 11.3 Å². The highest BCUT2D eigenvalue weighted by Gasteiger charge is 2.22. The molecule has 2 rings (SSSR count). The maximum absolute atomic E-state index is 12.3. The second-order valence-corrected chi connectivity index (χ2v) is 6.86. The maximum atomic E-state index is 12.3. The van der Waals surface area contributed by atoms with Crippen molar-refractivity contribution in [1.29, 1.82) is 0 Å². The van der Waals surface area contributed by atoms with Crippen LogP contribution in [0.3, 0.4) is 0 Å². The van der Waals surface area contributed by atoms with E-state index in [2.05, 4.69) is 4.98 Å². The number of thiazole rings is 1. The first-order chi connectivity index (χ1) is 8.92. The Hall–Kier alpha value is -1.73. The normalized spacial score (nSPS) is 11.4. The molecule has 1 N–H and O–H groups in total. The van der Waals surface area contributed by atoms with Gasteiger partial charge in [0.25, 0.3) is 0 Å². The van der Waals surface area contributed by atoms with Crippen LogP contribution in [-0.4, -0.2) is 24.5 Å². The van der Waals surface area contributed by atoms with E-state index in [0.29, 0.717) is 5.01 Å². The molecule has 0 atom stereocenters. The minimum absolute atomic E-state index is 0.000198. The molecule has 19 heavy (non-hydrogen) atoms. The highest BCUT2D eigenvalue weighted by atomic mass is 32.2. The highest BCUT2D eigenvalue weighted by molar-refractivity contribution is 7.90. The van der Waals surface area contributed by atoms with Gasteiger partial charge in [0.2, 0.25) is 0 Å². The van der Waals surface area contributed by atoms with Gasteiger partial charge in [-0.1, -0.05) is 6.07 Å². The van der Waals surface area contributed by atoms with Gasteiger partial charge in [-0.05, 0) is 24.6 Å². The Bertz CT molecular complexity index is 705. The molecule has 0 spiro atoms. The lowest BCUT2D eigenvalue weighted by Crippen LogP contribution is -2.10. The Kier molecular flexibility index (Phi) is 3.68. The van der Waals surface area contributed by atoms with E-state index in [0.717, 1.165) is 0 Å². The zero-order chi connectivity index (χ0) is 14.0. The Labute approximate surface area is 114 Å². The van der Waals surface area contributed by atoms with Crippen LogP contribution in [0.15, 0.2) is 34.7 Å². The summed E-state index contributed by atoms with van der Waals surface area (Å²) in [7, 11) is -3.59. The summed E-state index contributed by atoms with van der Waals surface area (Å²) in [5.74, 6) is -1.35. The smallest absolute Gasteiger partial charge is 0.335 e. The molecule has 0 aliphatic carbocycles. The molecule has 0 aliphatic heterocycles. The van der Waals surface area contributed by atoms with Gasteiger partial charge in [0.1, 0.15) is 10.8 Å². The molecule has 7 heteroatoms. The molecule has 1 aromatic heterocycles. The Morgan fingerprint density at radius 1 is 1.42 bits per heavy atom. The molecule has 2 aromatic rings. The zero-order valence-corrected chi connectivity index (χ0v) is 11.7. The summed E-state index contributed by atoms with van der Waals surface area (Å²) >= 11 is 1.25. The first kappa shape index (κ1) is 13.7. The standard InChI is InChI=1S/C12H11NO4S2/c1-8-9(12(14)15)3-2-4-10(8)19(16,17)7-11-13-5-6-18-11/h2-6H,7H2,1H3,(H,14,15). The number of aromatic carboxylic acids is 1. The fraction of sp³-hybridized carbons (Fsp3) is 0.167.